The molecule has 0 saturated heterocycles. The number of nitrogens with zero attached hydrogens (tertiary/aromatic N) is 2. The number of amides is 2. The molecule has 36 heavy (non-hydrogen) atoms. The number of methoxy groups -OCH3 is 2. The minimum Gasteiger partial charge on any atom is -0.493 e. The summed E-state index contributed by atoms with van der Waals surface area (Å²) >= 11 is 0. The quantitative estimate of drug-likeness (QED) is 0.412. The normalized spacial score (nSPS) is 11.9. The fourth-order valence-corrected chi connectivity index (χ4v) is 4.70. The van der Waals surface area contributed by atoms with Crippen molar-refractivity contribution in [2.24, 2.45) is 0 Å². The van der Waals surface area contributed by atoms with Gasteiger partial charge in [-0.05, 0) is 37.0 Å². The van der Waals surface area contributed by atoms with Crippen molar-refractivity contribution in [3.8, 4) is 11.5 Å². The number of rotatable bonds is 14. The highest BCUT2D eigenvalue weighted by Crippen LogP contribution is 2.32. The van der Waals surface area contributed by atoms with Crippen molar-refractivity contribution in [2.45, 2.75) is 39.2 Å². The van der Waals surface area contributed by atoms with Crippen LogP contribution in [0.3, 0.4) is 0 Å². The van der Waals surface area contributed by atoms with Gasteiger partial charge in [-0.25, -0.2) is 8.42 Å². The van der Waals surface area contributed by atoms with Gasteiger partial charge in [-0.2, -0.15) is 0 Å². The van der Waals surface area contributed by atoms with Crippen LogP contribution >= 0.6 is 0 Å². The van der Waals surface area contributed by atoms with Gasteiger partial charge in [0.1, 0.15) is 12.6 Å². The summed E-state index contributed by atoms with van der Waals surface area (Å²) in [5, 5.41) is 2.86. The zero-order valence-corrected chi connectivity index (χ0v) is 22.5. The third kappa shape index (κ3) is 7.87. The molecule has 0 saturated carbocycles. The maximum Gasteiger partial charge on any atom is 0.244 e. The fraction of sp³-hybridized carbons (Fsp3) is 0.462. The highest BCUT2D eigenvalue weighted by Gasteiger charge is 2.31. The molecule has 0 fully saturated rings. The predicted molar refractivity (Wildman–Crippen MR) is 141 cm³/mol. The molecule has 2 amide bonds. The molecule has 0 radical (unpaired) electrons. The summed E-state index contributed by atoms with van der Waals surface area (Å²) < 4.78 is 37.1. The lowest BCUT2D eigenvalue weighted by Crippen LogP contribution is -2.53. The number of ether oxygens (including phenoxy) is 2. The summed E-state index contributed by atoms with van der Waals surface area (Å²) in [7, 11) is -0.907. The number of hydrogen-bond acceptors (Lipinski definition) is 6. The van der Waals surface area contributed by atoms with Crippen LogP contribution in [-0.4, -0.2) is 71.3 Å². The van der Waals surface area contributed by atoms with E-state index < -0.39 is 28.5 Å². The van der Waals surface area contributed by atoms with Crippen LogP contribution in [0, 0.1) is 0 Å². The van der Waals surface area contributed by atoms with Gasteiger partial charge in [-0.15, -0.1) is 0 Å². The van der Waals surface area contributed by atoms with E-state index >= 15 is 0 Å². The summed E-state index contributed by atoms with van der Waals surface area (Å²) in [6.45, 7) is 4.09. The van der Waals surface area contributed by atoms with Crippen molar-refractivity contribution in [1.29, 1.82) is 0 Å². The predicted octanol–water partition coefficient (Wildman–Crippen LogP) is 2.85. The number of hydrogen-bond donors (Lipinski definition) is 1. The average molecular weight is 520 g/mol. The van der Waals surface area contributed by atoms with Gasteiger partial charge >= 0.3 is 0 Å². The molecule has 0 unspecified atom stereocenters. The second-order valence-electron chi connectivity index (χ2n) is 8.35. The molecule has 0 aliphatic rings. The SMILES string of the molecule is CCCNC(=O)[C@H](CC)N(CCc1ccccc1)C(=O)CN(c1ccc(OC)c(OC)c1)S(C)(=O)=O. The van der Waals surface area contributed by atoms with Gasteiger partial charge in [0.25, 0.3) is 0 Å². The molecule has 2 aromatic rings. The summed E-state index contributed by atoms with van der Waals surface area (Å²) in [4.78, 5) is 28.0. The standard InChI is InChI=1S/C26H37N3O6S/c1-6-16-27-26(31)22(7-2)28(17-15-20-11-9-8-10-12-20)25(30)19-29(36(5,32)33)21-13-14-23(34-3)24(18-21)35-4/h8-14,18,22H,6-7,15-17,19H2,1-5H3,(H,27,31)/t22-/m0/s1. The van der Waals surface area contributed by atoms with E-state index in [4.69, 9.17) is 9.47 Å². The first kappa shape index (κ1) is 29.0. The van der Waals surface area contributed by atoms with E-state index in [0.29, 0.717) is 30.9 Å². The minimum absolute atomic E-state index is 0.252. The van der Waals surface area contributed by atoms with Crippen molar-refractivity contribution in [1.82, 2.24) is 10.2 Å². The second kappa shape index (κ2) is 13.7. The second-order valence-corrected chi connectivity index (χ2v) is 10.3. The molecule has 1 N–H and O–H groups in total. The molecule has 0 aliphatic heterocycles. The lowest BCUT2D eigenvalue weighted by Gasteiger charge is -2.33. The average Bonchev–Trinajstić information content (AvgIpc) is 2.87. The molecule has 0 spiro atoms. The first-order chi connectivity index (χ1) is 17.2. The maximum atomic E-state index is 13.6. The summed E-state index contributed by atoms with van der Waals surface area (Å²) in [5.74, 6) is 0.0500. The Morgan fingerprint density at radius 3 is 2.22 bits per heavy atom. The van der Waals surface area contributed by atoms with E-state index in [1.165, 1.54) is 25.2 Å². The van der Waals surface area contributed by atoms with E-state index in [9.17, 15) is 18.0 Å². The Balaban J connectivity index is 2.39. The lowest BCUT2D eigenvalue weighted by atomic mass is 10.1. The minimum atomic E-state index is -3.84. The molecule has 198 valence electrons. The van der Waals surface area contributed by atoms with Gasteiger partial charge in [0.15, 0.2) is 11.5 Å². The van der Waals surface area contributed by atoms with E-state index in [-0.39, 0.29) is 18.1 Å². The molecular weight excluding hydrogens is 482 g/mol. The zero-order chi connectivity index (χ0) is 26.7. The van der Waals surface area contributed by atoms with Gasteiger partial charge in [0.2, 0.25) is 21.8 Å². The number of carbonyl (C=O) groups is 2. The number of nitrogens with one attached hydrogen (secondary N) is 1. The zero-order valence-electron chi connectivity index (χ0n) is 21.7. The summed E-state index contributed by atoms with van der Waals surface area (Å²) in [6, 6.07) is 13.6. The van der Waals surface area contributed by atoms with Crippen LogP contribution in [0.25, 0.3) is 0 Å². The van der Waals surface area contributed by atoms with Gasteiger partial charge in [-0.1, -0.05) is 44.2 Å². The van der Waals surface area contributed by atoms with Crippen molar-refractivity contribution < 1.29 is 27.5 Å². The third-order valence-electron chi connectivity index (χ3n) is 5.75. The van der Waals surface area contributed by atoms with Crippen LogP contribution in [0.15, 0.2) is 48.5 Å². The van der Waals surface area contributed by atoms with Gasteiger partial charge in [0.05, 0.1) is 26.2 Å². The molecule has 0 bridgehead atoms. The summed E-state index contributed by atoms with van der Waals surface area (Å²) in [5.41, 5.74) is 1.27. The monoisotopic (exact) mass is 519 g/mol. The Kier molecular flexibility index (Phi) is 11.0. The highest BCUT2D eigenvalue weighted by atomic mass is 32.2. The Morgan fingerprint density at radius 1 is 1.00 bits per heavy atom. The van der Waals surface area contributed by atoms with E-state index in [0.717, 1.165) is 22.5 Å². The van der Waals surface area contributed by atoms with Crippen molar-refractivity contribution in [3.63, 3.8) is 0 Å². The van der Waals surface area contributed by atoms with Crippen LogP contribution in [-0.2, 0) is 26.0 Å². The van der Waals surface area contributed by atoms with E-state index in [2.05, 4.69) is 5.32 Å². The van der Waals surface area contributed by atoms with Crippen molar-refractivity contribution in [3.05, 3.63) is 54.1 Å². The first-order valence-electron chi connectivity index (χ1n) is 12.0. The first-order valence-corrected chi connectivity index (χ1v) is 13.8. The molecule has 0 aliphatic carbocycles. The van der Waals surface area contributed by atoms with Gasteiger partial charge in [-0.3, -0.25) is 13.9 Å². The van der Waals surface area contributed by atoms with Crippen LogP contribution in [0.1, 0.15) is 32.3 Å². The largest absolute Gasteiger partial charge is 0.493 e. The van der Waals surface area contributed by atoms with Crippen LogP contribution in [0.5, 0.6) is 11.5 Å². The van der Waals surface area contributed by atoms with Gasteiger partial charge < -0.3 is 19.7 Å². The smallest absolute Gasteiger partial charge is 0.244 e. The number of sulfonamides is 1. The lowest BCUT2D eigenvalue weighted by molar-refractivity contribution is -0.139. The summed E-state index contributed by atoms with van der Waals surface area (Å²) in [6.07, 6.45) is 2.72. The Morgan fingerprint density at radius 2 is 1.67 bits per heavy atom. The number of anilines is 1. The van der Waals surface area contributed by atoms with E-state index in [1.54, 1.807) is 12.1 Å². The Hall–Kier alpha value is -3.27. The molecular formula is C26H37N3O6S. The van der Waals surface area contributed by atoms with E-state index in [1.807, 2.05) is 44.2 Å². The maximum absolute atomic E-state index is 13.6. The van der Waals surface area contributed by atoms with Crippen molar-refractivity contribution >= 4 is 27.5 Å². The number of carbonyl (C=O) groups excluding carboxylic acids is 2. The molecule has 9 nitrogen and oxygen atoms in total. The Labute approximate surface area is 214 Å². The van der Waals surface area contributed by atoms with Crippen LogP contribution in [0.4, 0.5) is 5.69 Å². The molecule has 2 aromatic carbocycles. The Bertz CT molecular complexity index is 1110. The fourth-order valence-electron chi connectivity index (χ4n) is 3.86. The highest BCUT2D eigenvalue weighted by molar-refractivity contribution is 7.92. The number of benzene rings is 2. The molecule has 10 heteroatoms. The van der Waals surface area contributed by atoms with Crippen LogP contribution in [0.2, 0.25) is 0 Å². The van der Waals surface area contributed by atoms with Gasteiger partial charge in [0, 0.05) is 19.2 Å². The topological polar surface area (TPSA) is 105 Å². The molecule has 0 heterocycles. The molecule has 1 atom stereocenters. The van der Waals surface area contributed by atoms with Crippen LogP contribution < -0.4 is 19.1 Å². The third-order valence-corrected chi connectivity index (χ3v) is 6.89. The van der Waals surface area contributed by atoms with Crippen molar-refractivity contribution in [2.75, 3.05) is 44.4 Å². The molecule has 0 aromatic heterocycles. The molecule has 2 rings (SSSR count).